The molecule has 0 bridgehead atoms. The minimum Gasteiger partial charge on any atom is -0.481 e. The predicted octanol–water partition coefficient (Wildman–Crippen LogP) is 4.29. The van der Waals surface area contributed by atoms with E-state index in [1.54, 1.807) is 29.2 Å². The van der Waals surface area contributed by atoms with Crippen LogP contribution in [-0.4, -0.2) is 43.1 Å². The third-order valence-electron chi connectivity index (χ3n) is 4.84. The lowest BCUT2D eigenvalue weighted by molar-refractivity contribution is -0.139. The Morgan fingerprint density at radius 2 is 1.89 bits per heavy atom. The summed E-state index contributed by atoms with van der Waals surface area (Å²) in [5.74, 6) is 0.380. The Kier molecular flexibility index (Phi) is 6.22. The van der Waals surface area contributed by atoms with E-state index in [1.165, 1.54) is 6.07 Å². The molecule has 0 radical (unpaired) electrons. The Morgan fingerprint density at radius 3 is 2.52 bits per heavy atom. The minimum atomic E-state index is -0.536. The van der Waals surface area contributed by atoms with Crippen LogP contribution in [0.2, 0.25) is 5.02 Å². The molecule has 1 saturated heterocycles. The molecule has 1 aliphatic rings. The van der Waals surface area contributed by atoms with Gasteiger partial charge in [0, 0.05) is 31.2 Å². The summed E-state index contributed by atoms with van der Waals surface area (Å²) in [6.45, 7) is 6.13. The monoisotopic (exact) mass is 390 g/mol. The molecule has 1 amide bonds. The molecule has 0 unspecified atom stereocenters. The van der Waals surface area contributed by atoms with Crippen molar-refractivity contribution in [2.45, 2.75) is 26.4 Å². The van der Waals surface area contributed by atoms with Crippen LogP contribution < -0.4 is 9.64 Å². The summed E-state index contributed by atoms with van der Waals surface area (Å²) < 4.78 is 19.9. The lowest BCUT2D eigenvalue weighted by Crippen LogP contribution is -2.52. The lowest BCUT2D eigenvalue weighted by atomic mass is 10.2. The summed E-state index contributed by atoms with van der Waals surface area (Å²) >= 11 is 6.05. The number of halogens is 2. The molecule has 2 aromatic carbocycles. The van der Waals surface area contributed by atoms with Gasteiger partial charge in [-0.2, -0.15) is 0 Å². The molecule has 1 fully saturated rings. The average Bonchev–Trinajstić information content (AvgIpc) is 2.69. The smallest absolute Gasteiger partial charge is 0.263 e. The van der Waals surface area contributed by atoms with Crippen molar-refractivity contribution >= 4 is 23.2 Å². The van der Waals surface area contributed by atoms with E-state index in [9.17, 15) is 9.18 Å². The maximum absolute atomic E-state index is 14.0. The summed E-state index contributed by atoms with van der Waals surface area (Å²) in [7, 11) is 0. The summed E-state index contributed by atoms with van der Waals surface area (Å²) in [5, 5.41) is 0.672. The Morgan fingerprint density at radius 1 is 1.19 bits per heavy atom. The van der Waals surface area contributed by atoms with Crippen LogP contribution in [0.5, 0.6) is 5.75 Å². The Labute approximate surface area is 164 Å². The van der Waals surface area contributed by atoms with Gasteiger partial charge in [-0.1, -0.05) is 30.7 Å². The van der Waals surface area contributed by atoms with Crippen molar-refractivity contribution < 1.29 is 13.9 Å². The van der Waals surface area contributed by atoms with Gasteiger partial charge in [-0.3, -0.25) is 4.79 Å². The molecular formula is C21H24ClFN2O2. The van der Waals surface area contributed by atoms with Crippen molar-refractivity contribution in [1.82, 2.24) is 4.90 Å². The molecule has 0 spiro atoms. The van der Waals surface area contributed by atoms with E-state index in [-0.39, 0.29) is 11.7 Å². The number of piperazine rings is 1. The van der Waals surface area contributed by atoms with E-state index < -0.39 is 6.10 Å². The quantitative estimate of drug-likeness (QED) is 0.763. The minimum absolute atomic E-state index is 0.0294. The van der Waals surface area contributed by atoms with Gasteiger partial charge >= 0.3 is 0 Å². The van der Waals surface area contributed by atoms with Gasteiger partial charge in [0.05, 0.1) is 5.69 Å². The van der Waals surface area contributed by atoms with Crippen molar-refractivity contribution in [2.24, 2.45) is 0 Å². The number of benzene rings is 2. The molecule has 0 N–H and O–H groups in total. The van der Waals surface area contributed by atoms with Crippen LogP contribution in [0.25, 0.3) is 0 Å². The van der Waals surface area contributed by atoms with Gasteiger partial charge in [0.25, 0.3) is 5.91 Å². The highest BCUT2D eigenvalue weighted by Crippen LogP contribution is 2.24. The highest BCUT2D eigenvalue weighted by molar-refractivity contribution is 6.31. The van der Waals surface area contributed by atoms with E-state index in [0.29, 0.717) is 49.1 Å². The number of carbonyl (C=O) groups is 1. The predicted molar refractivity (Wildman–Crippen MR) is 106 cm³/mol. The van der Waals surface area contributed by atoms with Gasteiger partial charge < -0.3 is 14.5 Å². The number of para-hydroxylation sites is 1. The van der Waals surface area contributed by atoms with Crippen molar-refractivity contribution in [2.75, 3.05) is 31.1 Å². The number of carbonyl (C=O) groups excluding carboxylic acids is 1. The molecular weight excluding hydrogens is 367 g/mol. The molecule has 3 rings (SSSR count). The van der Waals surface area contributed by atoms with Gasteiger partial charge in [-0.05, 0) is 49.2 Å². The highest BCUT2D eigenvalue weighted by Gasteiger charge is 2.28. The third-order valence-corrected chi connectivity index (χ3v) is 5.26. The summed E-state index contributed by atoms with van der Waals surface area (Å²) in [5.41, 5.74) is 1.50. The first-order valence-electron chi connectivity index (χ1n) is 9.20. The summed E-state index contributed by atoms with van der Waals surface area (Å²) in [6, 6.07) is 12.1. The van der Waals surface area contributed by atoms with Crippen LogP contribution >= 0.6 is 11.6 Å². The van der Waals surface area contributed by atoms with E-state index in [1.807, 2.05) is 30.9 Å². The Balaban J connectivity index is 1.61. The maximum Gasteiger partial charge on any atom is 0.263 e. The fourth-order valence-electron chi connectivity index (χ4n) is 3.24. The highest BCUT2D eigenvalue weighted by atomic mass is 35.5. The second kappa shape index (κ2) is 8.61. The van der Waals surface area contributed by atoms with Gasteiger partial charge in [0.1, 0.15) is 11.6 Å². The molecule has 2 aromatic rings. The van der Waals surface area contributed by atoms with E-state index in [4.69, 9.17) is 16.3 Å². The second-order valence-electron chi connectivity index (χ2n) is 6.69. The van der Waals surface area contributed by atoms with Crippen molar-refractivity contribution in [3.05, 3.63) is 58.9 Å². The molecule has 27 heavy (non-hydrogen) atoms. The van der Waals surface area contributed by atoms with Crippen LogP contribution in [0.4, 0.5) is 10.1 Å². The number of rotatable bonds is 5. The number of nitrogens with zero attached hydrogens (tertiary/aromatic N) is 2. The molecule has 1 aliphatic heterocycles. The van der Waals surface area contributed by atoms with Crippen molar-refractivity contribution in [1.29, 1.82) is 0 Å². The molecule has 1 atom stereocenters. The normalized spacial score (nSPS) is 15.6. The first kappa shape index (κ1) is 19.5. The SMILES string of the molecule is CC[C@@H](Oc1ccc(Cl)c(C)c1)C(=O)N1CCN(c2ccccc2F)CC1. The van der Waals surface area contributed by atoms with Crippen LogP contribution in [-0.2, 0) is 4.79 Å². The zero-order valence-corrected chi connectivity index (χ0v) is 16.4. The lowest BCUT2D eigenvalue weighted by Gasteiger charge is -2.37. The Hall–Kier alpha value is -2.27. The second-order valence-corrected chi connectivity index (χ2v) is 7.10. The number of anilines is 1. The fraction of sp³-hybridized carbons (Fsp3) is 0.381. The zero-order valence-electron chi connectivity index (χ0n) is 15.6. The van der Waals surface area contributed by atoms with Crippen LogP contribution in [0.15, 0.2) is 42.5 Å². The first-order valence-corrected chi connectivity index (χ1v) is 9.58. The zero-order chi connectivity index (χ0) is 19.4. The third kappa shape index (κ3) is 4.53. The molecule has 4 nitrogen and oxygen atoms in total. The van der Waals surface area contributed by atoms with Gasteiger partial charge in [0.2, 0.25) is 0 Å². The standard InChI is InChI=1S/C21H24ClFN2O2/c1-3-20(27-16-8-9-17(22)15(2)14-16)21(26)25-12-10-24(11-13-25)19-7-5-4-6-18(19)23/h4-9,14,20H,3,10-13H2,1-2H3/t20-/m1/s1. The van der Waals surface area contributed by atoms with E-state index in [2.05, 4.69) is 0 Å². The van der Waals surface area contributed by atoms with E-state index in [0.717, 1.165) is 5.56 Å². The number of hydrogen-bond acceptors (Lipinski definition) is 3. The number of hydrogen-bond donors (Lipinski definition) is 0. The van der Waals surface area contributed by atoms with Gasteiger partial charge in [0.15, 0.2) is 6.10 Å². The van der Waals surface area contributed by atoms with Crippen molar-refractivity contribution in [3.8, 4) is 5.75 Å². The number of aryl methyl sites for hydroxylation is 1. The van der Waals surface area contributed by atoms with E-state index >= 15 is 0 Å². The molecule has 6 heteroatoms. The molecule has 0 aliphatic carbocycles. The number of ether oxygens (including phenoxy) is 1. The van der Waals surface area contributed by atoms with Crippen LogP contribution in [0.3, 0.4) is 0 Å². The molecule has 1 heterocycles. The van der Waals surface area contributed by atoms with Crippen molar-refractivity contribution in [3.63, 3.8) is 0 Å². The number of amides is 1. The molecule has 0 aromatic heterocycles. The van der Waals surface area contributed by atoms with Crippen LogP contribution in [0.1, 0.15) is 18.9 Å². The summed E-state index contributed by atoms with van der Waals surface area (Å²) in [4.78, 5) is 16.7. The molecule has 0 saturated carbocycles. The molecule has 144 valence electrons. The average molecular weight is 391 g/mol. The summed E-state index contributed by atoms with van der Waals surface area (Å²) in [6.07, 6.45) is 0.0409. The Bertz CT molecular complexity index is 807. The van der Waals surface area contributed by atoms with Crippen LogP contribution in [0, 0.1) is 12.7 Å². The van der Waals surface area contributed by atoms with Gasteiger partial charge in [-0.25, -0.2) is 4.39 Å². The topological polar surface area (TPSA) is 32.8 Å². The fourth-order valence-corrected chi connectivity index (χ4v) is 3.36. The maximum atomic E-state index is 14.0. The van der Waals surface area contributed by atoms with Gasteiger partial charge in [-0.15, -0.1) is 0 Å². The largest absolute Gasteiger partial charge is 0.481 e. The first-order chi connectivity index (χ1) is 13.0.